The van der Waals surface area contributed by atoms with Crippen LogP contribution in [0.5, 0.6) is 0 Å². The Morgan fingerprint density at radius 2 is 1.83 bits per heavy atom. The van der Waals surface area contributed by atoms with Crippen LogP contribution in [0.1, 0.15) is 47.0 Å². The van der Waals surface area contributed by atoms with Gasteiger partial charge in [0.25, 0.3) is 0 Å². The number of hydrogen-bond acceptors (Lipinski definition) is 3. The van der Waals surface area contributed by atoms with Gasteiger partial charge in [-0.05, 0) is 47.0 Å². The second-order valence-electron chi connectivity index (χ2n) is 6.48. The summed E-state index contributed by atoms with van der Waals surface area (Å²) in [6, 6.07) is 0.0485. The van der Waals surface area contributed by atoms with Gasteiger partial charge in [-0.1, -0.05) is 0 Å². The Kier molecular flexibility index (Phi) is 4.99. The molecule has 0 bridgehead atoms. The Labute approximate surface area is 110 Å². The summed E-state index contributed by atoms with van der Waals surface area (Å²) in [5.74, 6) is 0. The number of carbonyl (C=O) groups is 1. The molecule has 0 radical (unpaired) electrons. The van der Waals surface area contributed by atoms with E-state index < -0.39 is 0 Å². The Balaban J connectivity index is 2.44. The maximum atomic E-state index is 11.7. The first-order chi connectivity index (χ1) is 8.24. The summed E-state index contributed by atoms with van der Waals surface area (Å²) in [4.78, 5) is 11.7. The van der Waals surface area contributed by atoms with Gasteiger partial charge in [0.2, 0.25) is 0 Å². The van der Waals surface area contributed by atoms with Crippen LogP contribution in [0.25, 0.3) is 0 Å². The van der Waals surface area contributed by atoms with Crippen LogP contribution in [0.2, 0.25) is 0 Å². The van der Waals surface area contributed by atoms with E-state index in [0.717, 1.165) is 12.8 Å². The number of hydrogen-bond donors (Lipinski definition) is 4. The zero-order chi connectivity index (χ0) is 13.8. The zero-order valence-corrected chi connectivity index (χ0v) is 12.0. The predicted octanol–water partition coefficient (Wildman–Crippen LogP) is 0.977. The third-order valence-corrected chi connectivity index (χ3v) is 3.15. The molecular formula is C13H27N3O2. The van der Waals surface area contributed by atoms with E-state index in [1.807, 2.05) is 0 Å². The van der Waals surface area contributed by atoms with Crippen LogP contribution in [-0.4, -0.2) is 41.4 Å². The quantitative estimate of drug-likeness (QED) is 0.567. The van der Waals surface area contributed by atoms with E-state index in [-0.39, 0.29) is 29.8 Å². The monoisotopic (exact) mass is 257 g/mol. The molecule has 0 aromatic rings. The van der Waals surface area contributed by atoms with E-state index in [1.54, 1.807) is 0 Å². The van der Waals surface area contributed by atoms with Gasteiger partial charge in [-0.15, -0.1) is 0 Å². The van der Waals surface area contributed by atoms with Crippen LogP contribution < -0.4 is 16.0 Å². The molecule has 1 fully saturated rings. The summed E-state index contributed by atoms with van der Waals surface area (Å²) in [6.07, 6.45) is 2.43. The van der Waals surface area contributed by atoms with E-state index in [2.05, 4.69) is 43.6 Å². The summed E-state index contributed by atoms with van der Waals surface area (Å²) in [6.45, 7) is 9.25. The summed E-state index contributed by atoms with van der Waals surface area (Å²) >= 11 is 0. The molecule has 0 spiro atoms. The molecule has 1 heterocycles. The topological polar surface area (TPSA) is 73.4 Å². The van der Waals surface area contributed by atoms with Crippen molar-refractivity contribution in [1.29, 1.82) is 0 Å². The minimum atomic E-state index is -0.137. The second kappa shape index (κ2) is 5.89. The number of urea groups is 1. The Morgan fingerprint density at radius 3 is 2.33 bits per heavy atom. The molecule has 106 valence electrons. The predicted molar refractivity (Wildman–Crippen MR) is 72.6 cm³/mol. The lowest BCUT2D eigenvalue weighted by Gasteiger charge is -2.46. The van der Waals surface area contributed by atoms with Crippen molar-refractivity contribution >= 4 is 6.03 Å². The number of carbonyl (C=O) groups excluding carboxylic acids is 1. The highest BCUT2D eigenvalue weighted by Gasteiger charge is 2.38. The molecule has 0 aromatic heterocycles. The average molecular weight is 257 g/mol. The summed E-state index contributed by atoms with van der Waals surface area (Å²) < 4.78 is 0. The minimum Gasteiger partial charge on any atom is -0.396 e. The van der Waals surface area contributed by atoms with E-state index in [9.17, 15) is 4.79 Å². The van der Waals surface area contributed by atoms with Crippen LogP contribution in [-0.2, 0) is 0 Å². The highest BCUT2D eigenvalue weighted by Crippen LogP contribution is 2.28. The molecule has 4 N–H and O–H groups in total. The second-order valence-corrected chi connectivity index (χ2v) is 6.48. The zero-order valence-electron chi connectivity index (χ0n) is 12.0. The lowest BCUT2D eigenvalue weighted by Crippen LogP contribution is -2.62. The number of piperidine rings is 1. The van der Waals surface area contributed by atoms with Gasteiger partial charge in [0, 0.05) is 30.3 Å². The van der Waals surface area contributed by atoms with Crippen LogP contribution in [0, 0.1) is 0 Å². The SMILES string of the molecule is CC1(C)CC(NC(=O)NCCCO)CC(C)(C)N1. The van der Waals surface area contributed by atoms with Crippen molar-refractivity contribution in [2.75, 3.05) is 13.2 Å². The molecular weight excluding hydrogens is 230 g/mol. The standard InChI is InChI=1S/C13H27N3O2/c1-12(2)8-10(9-13(3,4)16-12)15-11(18)14-6-5-7-17/h10,16-17H,5-9H2,1-4H3,(H2,14,15,18). The normalized spacial score (nSPS) is 22.5. The van der Waals surface area contributed by atoms with Gasteiger partial charge in [0.05, 0.1) is 0 Å². The summed E-state index contributed by atoms with van der Waals surface area (Å²) in [5, 5.41) is 18.0. The molecule has 0 aromatic carbocycles. The van der Waals surface area contributed by atoms with Gasteiger partial charge in [0.1, 0.15) is 0 Å². The van der Waals surface area contributed by atoms with Crippen LogP contribution in [0.4, 0.5) is 4.79 Å². The van der Waals surface area contributed by atoms with Crippen molar-refractivity contribution in [2.45, 2.75) is 64.1 Å². The van der Waals surface area contributed by atoms with Gasteiger partial charge >= 0.3 is 6.03 Å². The van der Waals surface area contributed by atoms with Crippen LogP contribution >= 0.6 is 0 Å². The fourth-order valence-electron chi connectivity index (χ4n) is 2.94. The fraction of sp³-hybridized carbons (Fsp3) is 0.923. The number of aliphatic hydroxyl groups excluding tert-OH is 1. The van der Waals surface area contributed by atoms with Gasteiger partial charge in [-0.3, -0.25) is 0 Å². The molecule has 5 nitrogen and oxygen atoms in total. The molecule has 5 heteroatoms. The third-order valence-electron chi connectivity index (χ3n) is 3.15. The lowest BCUT2D eigenvalue weighted by atomic mass is 9.80. The Morgan fingerprint density at radius 1 is 1.28 bits per heavy atom. The van der Waals surface area contributed by atoms with Crippen molar-refractivity contribution in [3.63, 3.8) is 0 Å². The van der Waals surface area contributed by atoms with Crippen molar-refractivity contribution in [1.82, 2.24) is 16.0 Å². The maximum Gasteiger partial charge on any atom is 0.315 e. The molecule has 1 aliphatic heterocycles. The molecule has 0 saturated carbocycles. The van der Waals surface area contributed by atoms with Crippen LogP contribution in [0.3, 0.4) is 0 Å². The molecule has 1 aliphatic rings. The average Bonchev–Trinajstić information content (AvgIpc) is 2.12. The number of amides is 2. The van der Waals surface area contributed by atoms with Crippen molar-refractivity contribution in [3.8, 4) is 0 Å². The Hall–Kier alpha value is -0.810. The molecule has 0 unspecified atom stereocenters. The molecule has 0 atom stereocenters. The van der Waals surface area contributed by atoms with E-state index in [4.69, 9.17) is 5.11 Å². The lowest BCUT2D eigenvalue weighted by molar-refractivity contribution is 0.147. The first kappa shape index (κ1) is 15.2. The first-order valence-electron chi connectivity index (χ1n) is 6.69. The van der Waals surface area contributed by atoms with Crippen molar-refractivity contribution in [3.05, 3.63) is 0 Å². The van der Waals surface area contributed by atoms with Crippen LogP contribution in [0.15, 0.2) is 0 Å². The Bertz CT molecular complexity index is 274. The summed E-state index contributed by atoms with van der Waals surface area (Å²) in [5.41, 5.74) is 0.0651. The van der Waals surface area contributed by atoms with E-state index in [0.29, 0.717) is 13.0 Å². The smallest absolute Gasteiger partial charge is 0.315 e. The minimum absolute atomic E-state index is 0.0325. The highest BCUT2D eigenvalue weighted by molar-refractivity contribution is 5.74. The number of aliphatic hydroxyl groups is 1. The number of rotatable bonds is 4. The van der Waals surface area contributed by atoms with Crippen molar-refractivity contribution in [2.24, 2.45) is 0 Å². The molecule has 18 heavy (non-hydrogen) atoms. The molecule has 2 amide bonds. The molecule has 1 rings (SSSR count). The van der Waals surface area contributed by atoms with E-state index in [1.165, 1.54) is 0 Å². The fourth-order valence-corrected chi connectivity index (χ4v) is 2.94. The number of nitrogens with one attached hydrogen (secondary N) is 3. The first-order valence-corrected chi connectivity index (χ1v) is 6.69. The largest absolute Gasteiger partial charge is 0.396 e. The van der Waals surface area contributed by atoms with Crippen molar-refractivity contribution < 1.29 is 9.90 Å². The van der Waals surface area contributed by atoms with E-state index >= 15 is 0 Å². The van der Waals surface area contributed by atoms with Gasteiger partial charge < -0.3 is 21.1 Å². The van der Waals surface area contributed by atoms with Gasteiger partial charge in [-0.25, -0.2) is 4.79 Å². The summed E-state index contributed by atoms with van der Waals surface area (Å²) in [7, 11) is 0. The third kappa shape index (κ3) is 5.23. The highest BCUT2D eigenvalue weighted by atomic mass is 16.3. The molecule has 0 aliphatic carbocycles. The molecule has 1 saturated heterocycles. The van der Waals surface area contributed by atoms with Gasteiger partial charge in [0.15, 0.2) is 0 Å². The maximum absolute atomic E-state index is 11.7. The van der Waals surface area contributed by atoms with Gasteiger partial charge in [-0.2, -0.15) is 0 Å².